The fourth-order valence-electron chi connectivity index (χ4n) is 2.98. The number of nitrogens with zero attached hydrogens (tertiary/aromatic N) is 3. The zero-order chi connectivity index (χ0) is 16.5. The van der Waals surface area contributed by atoms with Crippen molar-refractivity contribution in [2.45, 2.75) is 37.9 Å². The highest BCUT2D eigenvalue weighted by molar-refractivity contribution is 5.81. The molecule has 0 radical (unpaired) electrons. The Balaban J connectivity index is 1.68. The largest absolute Gasteiger partial charge is 0.474 e. The lowest BCUT2D eigenvalue weighted by molar-refractivity contribution is 0.0652. The fourth-order valence-corrected chi connectivity index (χ4v) is 2.98. The van der Waals surface area contributed by atoms with Crippen molar-refractivity contribution in [2.75, 3.05) is 5.73 Å². The maximum Gasteiger partial charge on any atom is 0.228 e. The molecular formula is C17H19N5O2. The standard InChI is InChI=1S/C17H19N5O2/c18-11-3-1-10(2-4-11)15-20-16-14(9-19-22-16)17(21-15)24-13-7-5-12(23)6-8-13/h1-4,9,12-13,23H,5-8,18H2,(H,19,20,21,22). The maximum absolute atomic E-state index is 9.64. The number of aliphatic hydroxyl groups is 1. The SMILES string of the molecule is Nc1ccc(-c2nc(OC3CCC(O)CC3)c3cn[nH]c3n2)cc1. The quantitative estimate of drug-likeness (QED) is 0.637. The van der Waals surface area contributed by atoms with Crippen LogP contribution in [0, 0.1) is 0 Å². The van der Waals surface area contributed by atoms with Gasteiger partial charge in [-0.1, -0.05) is 0 Å². The van der Waals surface area contributed by atoms with E-state index in [-0.39, 0.29) is 12.2 Å². The van der Waals surface area contributed by atoms with Gasteiger partial charge < -0.3 is 15.6 Å². The van der Waals surface area contributed by atoms with E-state index in [9.17, 15) is 5.11 Å². The van der Waals surface area contributed by atoms with E-state index < -0.39 is 0 Å². The Labute approximate surface area is 138 Å². The average molecular weight is 325 g/mol. The summed E-state index contributed by atoms with van der Waals surface area (Å²) in [4.78, 5) is 9.10. The van der Waals surface area contributed by atoms with Crippen LogP contribution < -0.4 is 10.5 Å². The monoisotopic (exact) mass is 325 g/mol. The van der Waals surface area contributed by atoms with Crippen LogP contribution >= 0.6 is 0 Å². The molecule has 1 aliphatic rings. The lowest BCUT2D eigenvalue weighted by Gasteiger charge is -2.25. The third-order valence-electron chi connectivity index (χ3n) is 4.37. The Kier molecular flexibility index (Phi) is 3.78. The number of ether oxygens (including phenoxy) is 1. The number of aliphatic hydroxyl groups excluding tert-OH is 1. The first-order chi connectivity index (χ1) is 11.7. The lowest BCUT2D eigenvalue weighted by Crippen LogP contribution is -2.26. The van der Waals surface area contributed by atoms with Crippen molar-refractivity contribution in [2.24, 2.45) is 0 Å². The highest BCUT2D eigenvalue weighted by Crippen LogP contribution is 2.29. The normalized spacial score (nSPS) is 21.0. The van der Waals surface area contributed by atoms with E-state index in [2.05, 4.69) is 20.2 Å². The summed E-state index contributed by atoms with van der Waals surface area (Å²) in [6.45, 7) is 0. The maximum atomic E-state index is 9.64. The number of aromatic amines is 1. The smallest absolute Gasteiger partial charge is 0.228 e. The summed E-state index contributed by atoms with van der Waals surface area (Å²) in [5.41, 5.74) is 7.94. The number of anilines is 1. The molecule has 7 heteroatoms. The second kappa shape index (κ2) is 6.09. The molecule has 4 N–H and O–H groups in total. The van der Waals surface area contributed by atoms with Gasteiger partial charge in [-0.3, -0.25) is 5.10 Å². The second-order valence-corrected chi connectivity index (χ2v) is 6.16. The molecule has 2 heterocycles. The van der Waals surface area contributed by atoms with Gasteiger partial charge in [0, 0.05) is 11.3 Å². The molecule has 124 valence electrons. The molecule has 0 spiro atoms. The number of hydrogen-bond acceptors (Lipinski definition) is 6. The summed E-state index contributed by atoms with van der Waals surface area (Å²) in [6.07, 6.45) is 4.68. The Hall–Kier alpha value is -2.67. The van der Waals surface area contributed by atoms with Crippen LogP contribution in [-0.2, 0) is 0 Å². The third kappa shape index (κ3) is 2.90. The van der Waals surface area contributed by atoms with E-state index in [0.29, 0.717) is 23.0 Å². The topological polar surface area (TPSA) is 110 Å². The van der Waals surface area contributed by atoms with E-state index in [1.807, 2.05) is 24.3 Å². The molecule has 0 atom stereocenters. The van der Waals surface area contributed by atoms with E-state index in [4.69, 9.17) is 10.5 Å². The van der Waals surface area contributed by atoms with Crippen LogP contribution in [0.3, 0.4) is 0 Å². The van der Waals surface area contributed by atoms with Crippen molar-refractivity contribution in [3.63, 3.8) is 0 Å². The number of H-pyrrole nitrogens is 1. The third-order valence-corrected chi connectivity index (χ3v) is 4.37. The minimum atomic E-state index is -0.213. The van der Waals surface area contributed by atoms with Crippen LogP contribution in [0.1, 0.15) is 25.7 Å². The summed E-state index contributed by atoms with van der Waals surface area (Å²) in [7, 11) is 0. The van der Waals surface area contributed by atoms with E-state index in [1.54, 1.807) is 6.20 Å². The van der Waals surface area contributed by atoms with Crippen LogP contribution in [0.25, 0.3) is 22.4 Å². The highest BCUT2D eigenvalue weighted by atomic mass is 16.5. The van der Waals surface area contributed by atoms with Crippen molar-refractivity contribution in [1.29, 1.82) is 0 Å². The minimum Gasteiger partial charge on any atom is -0.474 e. The minimum absolute atomic E-state index is 0.0562. The van der Waals surface area contributed by atoms with Gasteiger partial charge in [0.25, 0.3) is 0 Å². The van der Waals surface area contributed by atoms with Gasteiger partial charge in [-0.15, -0.1) is 0 Å². The van der Waals surface area contributed by atoms with Crippen molar-refractivity contribution in [3.05, 3.63) is 30.5 Å². The summed E-state index contributed by atoms with van der Waals surface area (Å²) in [5.74, 6) is 1.10. The van der Waals surface area contributed by atoms with Gasteiger partial charge in [0.2, 0.25) is 5.88 Å². The highest BCUT2D eigenvalue weighted by Gasteiger charge is 2.23. The molecule has 3 aromatic rings. The fraction of sp³-hybridized carbons (Fsp3) is 0.353. The molecule has 0 unspecified atom stereocenters. The number of nitrogens with two attached hydrogens (primary N) is 1. The van der Waals surface area contributed by atoms with Crippen LogP contribution in [0.2, 0.25) is 0 Å². The molecule has 2 aromatic heterocycles. The first-order valence-electron chi connectivity index (χ1n) is 8.11. The Morgan fingerprint density at radius 3 is 2.58 bits per heavy atom. The molecule has 24 heavy (non-hydrogen) atoms. The van der Waals surface area contributed by atoms with Crippen molar-refractivity contribution >= 4 is 16.7 Å². The average Bonchev–Trinajstić information content (AvgIpc) is 3.06. The van der Waals surface area contributed by atoms with Gasteiger partial charge in [0.15, 0.2) is 11.5 Å². The molecule has 0 bridgehead atoms. The number of aromatic nitrogens is 4. The zero-order valence-electron chi connectivity index (χ0n) is 13.1. The number of hydrogen-bond donors (Lipinski definition) is 3. The molecule has 0 aliphatic heterocycles. The second-order valence-electron chi connectivity index (χ2n) is 6.16. The van der Waals surface area contributed by atoms with Gasteiger partial charge >= 0.3 is 0 Å². The van der Waals surface area contributed by atoms with Crippen LogP contribution in [0.5, 0.6) is 5.88 Å². The Morgan fingerprint density at radius 2 is 1.83 bits per heavy atom. The predicted octanol–water partition coefficient (Wildman–Crippen LogP) is 2.28. The van der Waals surface area contributed by atoms with Crippen LogP contribution in [0.15, 0.2) is 30.5 Å². The zero-order valence-corrected chi connectivity index (χ0v) is 13.1. The van der Waals surface area contributed by atoms with Gasteiger partial charge in [-0.25, -0.2) is 4.98 Å². The summed E-state index contributed by atoms with van der Waals surface area (Å²) >= 11 is 0. The Bertz CT molecular complexity index is 838. The molecule has 0 amide bonds. The van der Waals surface area contributed by atoms with Gasteiger partial charge in [0.05, 0.1) is 12.3 Å². The summed E-state index contributed by atoms with van der Waals surface area (Å²) in [6, 6.07) is 7.40. The molecular weight excluding hydrogens is 306 g/mol. The first kappa shape index (κ1) is 14.9. The van der Waals surface area contributed by atoms with Gasteiger partial charge in [0.1, 0.15) is 11.5 Å². The van der Waals surface area contributed by atoms with Crippen molar-refractivity contribution in [1.82, 2.24) is 20.2 Å². The molecule has 1 saturated carbocycles. The number of nitrogens with one attached hydrogen (secondary N) is 1. The van der Waals surface area contributed by atoms with Crippen molar-refractivity contribution < 1.29 is 9.84 Å². The molecule has 4 rings (SSSR count). The van der Waals surface area contributed by atoms with Crippen LogP contribution in [0.4, 0.5) is 5.69 Å². The predicted molar refractivity (Wildman–Crippen MR) is 90.4 cm³/mol. The summed E-state index contributed by atoms with van der Waals surface area (Å²) in [5, 5.41) is 17.3. The number of rotatable bonds is 3. The molecule has 7 nitrogen and oxygen atoms in total. The van der Waals surface area contributed by atoms with Crippen molar-refractivity contribution in [3.8, 4) is 17.3 Å². The van der Waals surface area contributed by atoms with Gasteiger partial charge in [-0.2, -0.15) is 10.1 Å². The molecule has 0 saturated heterocycles. The van der Waals surface area contributed by atoms with E-state index in [0.717, 1.165) is 36.6 Å². The van der Waals surface area contributed by atoms with E-state index in [1.165, 1.54) is 0 Å². The lowest BCUT2D eigenvalue weighted by atomic mass is 9.95. The number of nitrogen functional groups attached to an aromatic ring is 1. The molecule has 1 fully saturated rings. The Morgan fingerprint density at radius 1 is 1.08 bits per heavy atom. The molecule has 1 aromatic carbocycles. The van der Waals surface area contributed by atoms with E-state index >= 15 is 0 Å². The van der Waals surface area contributed by atoms with Crippen LogP contribution in [-0.4, -0.2) is 37.5 Å². The molecule has 1 aliphatic carbocycles. The number of benzene rings is 1. The number of fused-ring (bicyclic) bond motifs is 1. The van der Waals surface area contributed by atoms with Gasteiger partial charge in [-0.05, 0) is 49.9 Å². The first-order valence-corrected chi connectivity index (χ1v) is 8.11. The summed E-state index contributed by atoms with van der Waals surface area (Å²) < 4.78 is 6.11.